The summed E-state index contributed by atoms with van der Waals surface area (Å²) in [6.45, 7) is 5.64. The molecule has 0 radical (unpaired) electrons. The van der Waals surface area contributed by atoms with Gasteiger partial charge in [-0.15, -0.1) is 0 Å². The number of rotatable bonds is 11. The maximum atomic E-state index is 16.4. The summed E-state index contributed by atoms with van der Waals surface area (Å²) in [6.07, 6.45) is 1.23. The Morgan fingerprint density at radius 2 is 1.98 bits per heavy atom. The largest absolute Gasteiger partial charge is 0.464 e. The number of nitrogen functional groups attached to an aromatic ring is 1. The van der Waals surface area contributed by atoms with Crippen LogP contribution in [0.25, 0.3) is 21.9 Å². The van der Waals surface area contributed by atoms with E-state index in [1.54, 1.807) is 19.3 Å². The minimum atomic E-state index is -3.55. The van der Waals surface area contributed by atoms with Crippen molar-refractivity contribution in [3.63, 3.8) is 0 Å². The average molecular weight is 686 g/mol. The van der Waals surface area contributed by atoms with Crippen LogP contribution in [0, 0.1) is 10.8 Å². The summed E-state index contributed by atoms with van der Waals surface area (Å²) >= 11 is 5.92. The molecule has 0 amide bonds. The number of aromatic nitrogens is 4. The van der Waals surface area contributed by atoms with E-state index in [-0.39, 0.29) is 30.4 Å². The van der Waals surface area contributed by atoms with Gasteiger partial charge in [-0.1, -0.05) is 64.1 Å². The maximum Gasteiger partial charge on any atom is 0.323 e. The highest BCUT2D eigenvalue weighted by Crippen LogP contribution is 2.69. The van der Waals surface area contributed by atoms with Crippen LogP contribution in [-0.4, -0.2) is 70.8 Å². The molecule has 12 nitrogen and oxygen atoms in total. The molecule has 0 bridgehead atoms. The Kier molecular flexibility index (Phi) is 8.49. The molecule has 1 aliphatic carbocycles. The molecule has 1 unspecified atom stereocenters. The predicted octanol–water partition coefficient (Wildman–Crippen LogP) is 5.53. The van der Waals surface area contributed by atoms with E-state index in [1.807, 2.05) is 87.7 Å². The van der Waals surface area contributed by atoms with Crippen molar-refractivity contribution < 1.29 is 27.7 Å². The van der Waals surface area contributed by atoms with Crippen molar-refractivity contribution in [2.45, 2.75) is 65.1 Å². The van der Waals surface area contributed by atoms with Gasteiger partial charge in [-0.2, -0.15) is 9.97 Å². The zero-order valence-corrected chi connectivity index (χ0v) is 29.3. The van der Waals surface area contributed by atoms with Crippen LogP contribution in [0.1, 0.15) is 47.1 Å². The fourth-order valence-corrected chi connectivity index (χ4v) is 8.52. The highest BCUT2D eigenvalue weighted by molar-refractivity contribution is 8.09. The summed E-state index contributed by atoms with van der Waals surface area (Å²) in [7, 11) is 3.70. The second-order valence-electron chi connectivity index (χ2n) is 14.0. The van der Waals surface area contributed by atoms with E-state index in [0.717, 1.165) is 10.8 Å². The fraction of sp³-hybridized carbons (Fsp3) is 0.500. The van der Waals surface area contributed by atoms with Crippen LogP contribution in [-0.2, 0) is 30.6 Å². The van der Waals surface area contributed by atoms with E-state index >= 15 is 4.39 Å². The molecular formula is C32H41FN7O5PS. The van der Waals surface area contributed by atoms with Gasteiger partial charge in [0.05, 0.1) is 25.1 Å². The summed E-state index contributed by atoms with van der Waals surface area (Å²) in [5.41, 5.74) is 6.37. The van der Waals surface area contributed by atoms with Gasteiger partial charge in [0.15, 0.2) is 17.0 Å². The number of benzene rings is 2. The smallest absolute Gasteiger partial charge is 0.323 e. The number of nitrogens with two attached hydrogens (primary N) is 1. The molecule has 47 heavy (non-hydrogen) atoms. The number of hydrogen-bond donors (Lipinski definition) is 2. The summed E-state index contributed by atoms with van der Waals surface area (Å²) < 4.78 is 42.3. The van der Waals surface area contributed by atoms with Crippen LogP contribution >= 0.6 is 6.64 Å². The van der Waals surface area contributed by atoms with Gasteiger partial charge in [0.1, 0.15) is 18.4 Å². The first-order valence-electron chi connectivity index (χ1n) is 15.4. The number of ether oxygens (including phenoxy) is 2. The molecule has 3 heterocycles. The summed E-state index contributed by atoms with van der Waals surface area (Å²) in [5.74, 6) is -1.50. The third-order valence-electron chi connectivity index (χ3n) is 8.40. The third-order valence-corrected chi connectivity index (χ3v) is 10.9. The van der Waals surface area contributed by atoms with Gasteiger partial charge in [-0.05, 0) is 35.6 Å². The molecule has 252 valence electrons. The quantitative estimate of drug-likeness (QED) is 0.152. The van der Waals surface area contributed by atoms with Gasteiger partial charge in [0, 0.05) is 31.3 Å². The number of anilines is 2. The van der Waals surface area contributed by atoms with Gasteiger partial charge < -0.3 is 33.7 Å². The lowest BCUT2D eigenvalue weighted by Crippen LogP contribution is -2.38. The van der Waals surface area contributed by atoms with Crippen LogP contribution in [0.3, 0.4) is 0 Å². The monoisotopic (exact) mass is 685 g/mol. The van der Waals surface area contributed by atoms with Gasteiger partial charge in [-0.25, -0.2) is 14.5 Å². The van der Waals surface area contributed by atoms with Crippen molar-refractivity contribution in [3.8, 4) is 5.75 Å². The molecule has 1 aliphatic heterocycles. The second kappa shape index (κ2) is 11.9. The standard InChI is InChI=1S/C32H41FN7O5PS/c1-19(28(41)42-16-30(2,3)4)38-46(47,45-22-14-10-12-20-11-8-9-13-21(20)22)43-17-32(33)15-31(5)24(25(31)44-32)40-18-35-23-26(39(6)7)36-29(34)37-27(23)40/h8-14,18-19,24-25H,15-17H2,1-7H3,(H,38,47)(H2,34,36,37)/t19-,24?,25-,31-,32-,46+/m0/s1. The molecule has 2 aliphatic rings. The molecule has 4 aromatic rings. The van der Waals surface area contributed by atoms with Gasteiger partial charge in [0.25, 0.3) is 0 Å². The lowest BCUT2D eigenvalue weighted by atomic mass is 9.99. The van der Waals surface area contributed by atoms with Gasteiger partial charge >= 0.3 is 12.6 Å². The molecule has 0 spiro atoms. The van der Waals surface area contributed by atoms with Crippen molar-refractivity contribution in [1.82, 2.24) is 24.6 Å². The zero-order chi connectivity index (χ0) is 33.9. The topological polar surface area (TPSA) is 139 Å². The number of imidazole rings is 1. The van der Waals surface area contributed by atoms with Crippen molar-refractivity contribution in [3.05, 3.63) is 48.8 Å². The van der Waals surface area contributed by atoms with Crippen LogP contribution in [0.5, 0.6) is 5.75 Å². The van der Waals surface area contributed by atoms with Crippen molar-refractivity contribution in [1.29, 1.82) is 0 Å². The summed E-state index contributed by atoms with van der Waals surface area (Å²) in [6, 6.07) is 12.1. The van der Waals surface area contributed by atoms with Crippen molar-refractivity contribution >= 4 is 58.1 Å². The number of carbonyl (C=O) groups is 1. The van der Waals surface area contributed by atoms with E-state index in [2.05, 4.69) is 20.0 Å². The molecule has 1 saturated heterocycles. The number of fused-ring (bicyclic) bond motifs is 3. The third kappa shape index (κ3) is 6.66. The van der Waals surface area contributed by atoms with E-state index in [9.17, 15) is 4.79 Å². The van der Waals surface area contributed by atoms with Crippen LogP contribution in [0.2, 0.25) is 0 Å². The van der Waals surface area contributed by atoms with Crippen LogP contribution in [0.4, 0.5) is 16.2 Å². The number of esters is 1. The highest BCUT2D eigenvalue weighted by atomic mass is 32.5. The molecular weight excluding hydrogens is 644 g/mol. The van der Waals surface area contributed by atoms with E-state index < -0.39 is 42.6 Å². The fourth-order valence-electron chi connectivity index (χ4n) is 6.10. The van der Waals surface area contributed by atoms with Crippen molar-refractivity contribution in [2.24, 2.45) is 10.8 Å². The Balaban J connectivity index is 1.20. The molecule has 1 saturated carbocycles. The predicted molar refractivity (Wildman–Crippen MR) is 182 cm³/mol. The van der Waals surface area contributed by atoms with E-state index in [0.29, 0.717) is 22.7 Å². The highest BCUT2D eigenvalue weighted by Gasteiger charge is 2.74. The van der Waals surface area contributed by atoms with Crippen LogP contribution in [0.15, 0.2) is 48.8 Å². The minimum absolute atomic E-state index is 0.0306. The Bertz CT molecular complexity index is 1880. The number of halogens is 1. The SMILES string of the molecule is C[C@H](N[P@@](=S)(OC[C@]1(F)C[C@@]2(C)C(n3cnc4c(N(C)C)nc(N)nc43)[C@@H]2O1)Oc1cccc2ccccc12)C(=O)OCC(C)(C)C. The average Bonchev–Trinajstić information content (AvgIpc) is 3.24. The second-order valence-corrected chi connectivity index (χ2v) is 17.2. The molecule has 6 atom stereocenters. The molecule has 15 heteroatoms. The Morgan fingerprint density at radius 1 is 1.26 bits per heavy atom. The Labute approximate surface area is 278 Å². The number of hydrogen-bond acceptors (Lipinski definition) is 11. The van der Waals surface area contributed by atoms with E-state index in [4.69, 9.17) is 36.1 Å². The molecule has 2 fully saturated rings. The Morgan fingerprint density at radius 3 is 2.66 bits per heavy atom. The number of nitrogens with zero attached hydrogens (tertiary/aromatic N) is 5. The normalized spacial score (nSPS) is 25.7. The number of carbonyl (C=O) groups excluding carboxylic acids is 1. The lowest BCUT2D eigenvalue weighted by molar-refractivity contribution is -0.155. The number of nitrogens with one attached hydrogen (secondary N) is 1. The zero-order valence-electron chi connectivity index (χ0n) is 27.6. The van der Waals surface area contributed by atoms with Crippen molar-refractivity contribution in [2.75, 3.05) is 37.9 Å². The maximum absolute atomic E-state index is 16.4. The Hall–Kier alpha value is -3.42. The molecule has 3 N–H and O–H groups in total. The minimum Gasteiger partial charge on any atom is -0.464 e. The first-order valence-corrected chi connectivity index (χ1v) is 18.1. The first kappa shape index (κ1) is 33.5. The number of alkyl halides is 1. The van der Waals surface area contributed by atoms with Gasteiger partial charge in [0.2, 0.25) is 11.8 Å². The molecule has 2 aromatic heterocycles. The van der Waals surface area contributed by atoms with Gasteiger partial charge in [-0.3, -0.25) is 4.79 Å². The molecule has 6 rings (SSSR count). The summed E-state index contributed by atoms with van der Waals surface area (Å²) in [4.78, 5) is 28.0. The van der Waals surface area contributed by atoms with Crippen LogP contribution < -0.4 is 20.2 Å². The first-order chi connectivity index (χ1) is 22.0. The summed E-state index contributed by atoms with van der Waals surface area (Å²) in [5, 5.41) is 4.76. The lowest BCUT2D eigenvalue weighted by Gasteiger charge is -2.31. The molecule has 2 aromatic carbocycles. The van der Waals surface area contributed by atoms with E-state index in [1.165, 1.54) is 0 Å².